The molecule has 104 valence electrons. The van der Waals surface area contributed by atoms with Crippen molar-refractivity contribution >= 4 is 15.9 Å². The number of aliphatic hydroxyl groups is 1. The normalized spacial score (nSPS) is 14.3. The molecule has 1 saturated carbocycles. The number of ether oxygens (including phenoxy) is 1. The Kier molecular flexibility index (Phi) is 3.98. The average Bonchev–Trinajstić information content (AvgIpc) is 3.25. The van der Waals surface area contributed by atoms with Crippen LogP contribution in [0, 0.1) is 0 Å². The second-order valence-electron chi connectivity index (χ2n) is 4.84. The molecule has 0 bridgehead atoms. The van der Waals surface area contributed by atoms with Crippen LogP contribution in [0.25, 0.3) is 0 Å². The van der Waals surface area contributed by atoms with Gasteiger partial charge in [-0.05, 0) is 46.8 Å². The molecule has 0 aliphatic heterocycles. The Balaban J connectivity index is 1.87. The van der Waals surface area contributed by atoms with E-state index in [1.807, 2.05) is 24.3 Å². The van der Waals surface area contributed by atoms with Crippen molar-refractivity contribution in [2.45, 2.75) is 25.2 Å². The number of aromatic nitrogens is 2. The number of aliphatic hydroxyl groups excluding tert-OH is 1. The Bertz CT molecular complexity index is 615. The third kappa shape index (κ3) is 3.16. The number of benzene rings is 1. The molecule has 1 aromatic carbocycles. The maximum atomic E-state index is 9.09. The van der Waals surface area contributed by atoms with Crippen LogP contribution in [0.4, 0.5) is 0 Å². The standard InChI is InChI=1S/C15H15BrN2O2/c16-13-9-14(18-15(17-13)11-5-6-11)20-12-4-2-1-3-10(12)7-8-19/h1-4,9,11,19H,5-8H2. The highest BCUT2D eigenvalue weighted by Gasteiger charge is 2.27. The van der Waals surface area contributed by atoms with E-state index < -0.39 is 0 Å². The first kappa shape index (κ1) is 13.5. The average molecular weight is 335 g/mol. The molecule has 0 radical (unpaired) electrons. The lowest BCUT2D eigenvalue weighted by atomic mass is 10.1. The predicted molar refractivity (Wildman–Crippen MR) is 79.0 cm³/mol. The Morgan fingerprint density at radius 3 is 2.80 bits per heavy atom. The maximum Gasteiger partial charge on any atom is 0.223 e. The van der Waals surface area contributed by atoms with Crippen LogP contribution in [0.2, 0.25) is 0 Å². The van der Waals surface area contributed by atoms with E-state index in [-0.39, 0.29) is 6.61 Å². The summed E-state index contributed by atoms with van der Waals surface area (Å²) < 4.78 is 6.61. The first-order valence-electron chi connectivity index (χ1n) is 6.67. The van der Waals surface area contributed by atoms with Crippen LogP contribution in [0.3, 0.4) is 0 Å². The van der Waals surface area contributed by atoms with Gasteiger partial charge in [-0.25, -0.2) is 4.98 Å². The second kappa shape index (κ2) is 5.89. The van der Waals surface area contributed by atoms with Gasteiger partial charge in [-0.3, -0.25) is 0 Å². The summed E-state index contributed by atoms with van der Waals surface area (Å²) in [6, 6.07) is 9.45. The predicted octanol–water partition coefficient (Wildman–Crippen LogP) is 3.44. The summed E-state index contributed by atoms with van der Waals surface area (Å²) >= 11 is 3.40. The highest BCUT2D eigenvalue weighted by Crippen LogP contribution is 2.39. The van der Waals surface area contributed by atoms with Gasteiger partial charge in [0.05, 0.1) is 0 Å². The van der Waals surface area contributed by atoms with Crippen LogP contribution in [0.15, 0.2) is 34.9 Å². The van der Waals surface area contributed by atoms with Gasteiger partial charge in [0.15, 0.2) is 0 Å². The van der Waals surface area contributed by atoms with E-state index in [2.05, 4.69) is 25.9 Å². The molecule has 0 saturated heterocycles. The molecule has 0 spiro atoms. The molecule has 4 nitrogen and oxygen atoms in total. The summed E-state index contributed by atoms with van der Waals surface area (Å²) in [6.45, 7) is 0.0984. The van der Waals surface area contributed by atoms with Crippen LogP contribution < -0.4 is 4.74 Å². The van der Waals surface area contributed by atoms with Gasteiger partial charge < -0.3 is 9.84 Å². The number of hydrogen-bond acceptors (Lipinski definition) is 4. The monoisotopic (exact) mass is 334 g/mol. The van der Waals surface area contributed by atoms with Crippen LogP contribution in [-0.4, -0.2) is 21.7 Å². The fourth-order valence-electron chi connectivity index (χ4n) is 2.03. The zero-order chi connectivity index (χ0) is 13.9. The minimum atomic E-state index is 0.0984. The zero-order valence-corrected chi connectivity index (χ0v) is 12.5. The van der Waals surface area contributed by atoms with Crippen molar-refractivity contribution in [1.29, 1.82) is 0 Å². The molecule has 3 rings (SSSR count). The van der Waals surface area contributed by atoms with Crippen molar-refractivity contribution in [3.8, 4) is 11.6 Å². The molecule has 1 aliphatic rings. The number of hydrogen-bond donors (Lipinski definition) is 1. The molecular weight excluding hydrogens is 320 g/mol. The Morgan fingerprint density at radius 1 is 1.25 bits per heavy atom. The van der Waals surface area contributed by atoms with Crippen LogP contribution >= 0.6 is 15.9 Å². The Labute approximate surface area is 126 Å². The van der Waals surface area contributed by atoms with Gasteiger partial charge in [0, 0.05) is 18.6 Å². The molecule has 1 heterocycles. The minimum Gasteiger partial charge on any atom is -0.439 e. The van der Waals surface area contributed by atoms with E-state index >= 15 is 0 Å². The third-order valence-corrected chi connectivity index (χ3v) is 3.61. The Hall–Kier alpha value is -1.46. The zero-order valence-electron chi connectivity index (χ0n) is 10.9. The highest BCUT2D eigenvalue weighted by molar-refractivity contribution is 9.10. The number of para-hydroxylation sites is 1. The number of nitrogens with zero attached hydrogens (tertiary/aromatic N) is 2. The fraction of sp³-hybridized carbons (Fsp3) is 0.333. The molecule has 0 unspecified atom stereocenters. The molecule has 1 aliphatic carbocycles. The maximum absolute atomic E-state index is 9.09. The van der Waals surface area contributed by atoms with Crippen molar-refractivity contribution in [3.05, 3.63) is 46.3 Å². The molecule has 1 N–H and O–H groups in total. The summed E-state index contributed by atoms with van der Waals surface area (Å²) in [7, 11) is 0. The SMILES string of the molecule is OCCc1ccccc1Oc1cc(Br)nc(C2CC2)n1. The summed E-state index contributed by atoms with van der Waals surface area (Å²) in [5, 5.41) is 9.09. The lowest BCUT2D eigenvalue weighted by molar-refractivity contribution is 0.297. The molecule has 0 amide bonds. The highest BCUT2D eigenvalue weighted by atomic mass is 79.9. The van der Waals surface area contributed by atoms with E-state index in [9.17, 15) is 0 Å². The van der Waals surface area contributed by atoms with E-state index in [1.54, 1.807) is 6.07 Å². The van der Waals surface area contributed by atoms with Crippen LogP contribution in [-0.2, 0) is 6.42 Å². The summed E-state index contributed by atoms with van der Waals surface area (Å²) in [6.07, 6.45) is 2.87. The van der Waals surface area contributed by atoms with E-state index in [1.165, 1.54) is 0 Å². The number of rotatable bonds is 5. The van der Waals surface area contributed by atoms with Crippen molar-refractivity contribution in [2.75, 3.05) is 6.61 Å². The molecular formula is C15H15BrN2O2. The van der Waals surface area contributed by atoms with Gasteiger partial charge in [-0.15, -0.1) is 0 Å². The Morgan fingerprint density at radius 2 is 2.05 bits per heavy atom. The van der Waals surface area contributed by atoms with Crippen molar-refractivity contribution in [2.24, 2.45) is 0 Å². The van der Waals surface area contributed by atoms with Crippen LogP contribution in [0.5, 0.6) is 11.6 Å². The quantitative estimate of drug-likeness (QED) is 0.851. The van der Waals surface area contributed by atoms with Gasteiger partial charge in [0.2, 0.25) is 5.88 Å². The smallest absolute Gasteiger partial charge is 0.223 e. The number of halogens is 1. The van der Waals surface area contributed by atoms with Gasteiger partial charge in [-0.2, -0.15) is 4.98 Å². The topological polar surface area (TPSA) is 55.2 Å². The van der Waals surface area contributed by atoms with E-state index in [4.69, 9.17) is 9.84 Å². The van der Waals surface area contributed by atoms with Crippen molar-refractivity contribution < 1.29 is 9.84 Å². The molecule has 20 heavy (non-hydrogen) atoms. The first-order chi connectivity index (χ1) is 9.76. The second-order valence-corrected chi connectivity index (χ2v) is 5.66. The molecule has 5 heteroatoms. The molecule has 1 aromatic heterocycles. The summed E-state index contributed by atoms with van der Waals surface area (Å²) in [5.74, 6) is 2.59. The summed E-state index contributed by atoms with van der Waals surface area (Å²) in [5.41, 5.74) is 0.970. The minimum absolute atomic E-state index is 0.0984. The van der Waals surface area contributed by atoms with Crippen molar-refractivity contribution in [1.82, 2.24) is 9.97 Å². The third-order valence-electron chi connectivity index (χ3n) is 3.20. The van der Waals surface area contributed by atoms with E-state index in [0.29, 0.717) is 18.2 Å². The molecule has 0 atom stereocenters. The molecule has 2 aromatic rings. The summed E-state index contributed by atoms with van der Waals surface area (Å²) in [4.78, 5) is 8.85. The van der Waals surface area contributed by atoms with Gasteiger partial charge in [0.25, 0.3) is 0 Å². The van der Waals surface area contributed by atoms with Gasteiger partial charge in [0.1, 0.15) is 16.2 Å². The van der Waals surface area contributed by atoms with E-state index in [0.717, 1.165) is 34.6 Å². The lowest BCUT2D eigenvalue weighted by Gasteiger charge is -2.10. The fourth-order valence-corrected chi connectivity index (χ4v) is 2.41. The lowest BCUT2D eigenvalue weighted by Crippen LogP contribution is -1.99. The van der Waals surface area contributed by atoms with Gasteiger partial charge >= 0.3 is 0 Å². The molecule has 1 fully saturated rings. The van der Waals surface area contributed by atoms with Crippen molar-refractivity contribution in [3.63, 3.8) is 0 Å². The van der Waals surface area contributed by atoms with Crippen LogP contribution in [0.1, 0.15) is 30.1 Å². The van der Waals surface area contributed by atoms with Gasteiger partial charge in [-0.1, -0.05) is 18.2 Å². The largest absolute Gasteiger partial charge is 0.439 e. The first-order valence-corrected chi connectivity index (χ1v) is 7.46.